The van der Waals surface area contributed by atoms with Gasteiger partial charge in [-0.15, -0.1) is 11.3 Å². The van der Waals surface area contributed by atoms with Crippen LogP contribution < -0.4 is 15.5 Å². The van der Waals surface area contributed by atoms with Gasteiger partial charge in [-0.1, -0.05) is 43.2 Å². The lowest BCUT2D eigenvalue weighted by Crippen LogP contribution is -2.47. The summed E-state index contributed by atoms with van der Waals surface area (Å²) in [5, 5.41) is 7.92. The van der Waals surface area contributed by atoms with Crippen LogP contribution in [0.15, 0.2) is 66.0 Å². The van der Waals surface area contributed by atoms with Crippen LogP contribution in [0.25, 0.3) is 0 Å². The molecule has 3 aromatic rings. The summed E-state index contributed by atoms with van der Waals surface area (Å²) in [5.74, 6) is -0.497. The highest BCUT2D eigenvalue weighted by Crippen LogP contribution is 2.32. The number of carbonyl (C=O) groups excluding carboxylic acids is 3. The van der Waals surface area contributed by atoms with Crippen molar-refractivity contribution in [3.63, 3.8) is 0 Å². The highest BCUT2D eigenvalue weighted by Gasteiger charge is 2.35. The van der Waals surface area contributed by atoms with E-state index in [1.165, 1.54) is 18.3 Å². The van der Waals surface area contributed by atoms with Crippen molar-refractivity contribution in [2.45, 2.75) is 58.0 Å². The van der Waals surface area contributed by atoms with Crippen molar-refractivity contribution in [2.24, 2.45) is 0 Å². The van der Waals surface area contributed by atoms with E-state index in [2.05, 4.69) is 10.6 Å². The van der Waals surface area contributed by atoms with Gasteiger partial charge in [0.05, 0.1) is 6.42 Å². The minimum Gasteiger partial charge on any atom is -0.351 e. The predicted molar refractivity (Wildman–Crippen MR) is 141 cm³/mol. The minimum absolute atomic E-state index is 0.130. The summed E-state index contributed by atoms with van der Waals surface area (Å²) in [6, 6.07) is 18.0. The van der Waals surface area contributed by atoms with Gasteiger partial charge in [0.25, 0.3) is 0 Å². The van der Waals surface area contributed by atoms with Crippen LogP contribution in [0.1, 0.15) is 54.7 Å². The fourth-order valence-electron chi connectivity index (χ4n) is 4.63. The molecule has 1 heterocycles. The van der Waals surface area contributed by atoms with Gasteiger partial charge >= 0.3 is 0 Å². The van der Waals surface area contributed by atoms with E-state index in [1.807, 2.05) is 48.7 Å². The number of nitrogens with zero attached hydrogens (tertiary/aromatic N) is 1. The number of carbonyl (C=O) groups is 3. The van der Waals surface area contributed by atoms with E-state index in [-0.39, 0.29) is 30.2 Å². The van der Waals surface area contributed by atoms with Gasteiger partial charge in [0.2, 0.25) is 17.7 Å². The molecule has 0 saturated heterocycles. The number of rotatable bonds is 8. The number of hydrogen-bond acceptors (Lipinski definition) is 4. The molecule has 7 heteroatoms. The standard InChI is InChI=1S/C28H31N3O3S/c1-19-8-3-6-12-25(19)27(28(34)30-21-9-4-5-10-21)31(26(33)18-24-11-7-17-35-24)23-15-13-22(14-16-23)29-20(2)32/h3,6-8,11-17,21,27H,4-5,9-10,18H2,1-2H3,(H,29,32)(H,30,34)/t27-/m0/s1. The van der Waals surface area contributed by atoms with Gasteiger partial charge in [0.15, 0.2) is 0 Å². The molecule has 1 saturated carbocycles. The number of thiophene rings is 1. The molecule has 4 rings (SSSR count). The van der Waals surface area contributed by atoms with Crippen molar-refractivity contribution in [1.82, 2.24) is 5.32 Å². The monoisotopic (exact) mass is 489 g/mol. The molecule has 6 nitrogen and oxygen atoms in total. The zero-order valence-electron chi connectivity index (χ0n) is 20.1. The summed E-state index contributed by atoms with van der Waals surface area (Å²) in [6.45, 7) is 3.42. The van der Waals surface area contributed by atoms with Crippen LogP contribution in [0, 0.1) is 6.92 Å². The first kappa shape index (κ1) is 24.7. The Bertz CT molecular complexity index is 1170. The van der Waals surface area contributed by atoms with Crippen LogP contribution in [0.2, 0.25) is 0 Å². The van der Waals surface area contributed by atoms with E-state index >= 15 is 0 Å². The van der Waals surface area contributed by atoms with Gasteiger partial charge in [-0.3, -0.25) is 19.3 Å². The predicted octanol–water partition coefficient (Wildman–Crippen LogP) is 5.39. The summed E-state index contributed by atoms with van der Waals surface area (Å²) < 4.78 is 0. The quantitative estimate of drug-likeness (QED) is 0.445. The highest BCUT2D eigenvalue weighted by molar-refractivity contribution is 7.10. The first-order valence-corrected chi connectivity index (χ1v) is 12.9. The second kappa shape index (κ2) is 11.3. The summed E-state index contributed by atoms with van der Waals surface area (Å²) in [4.78, 5) is 41.7. The Hall–Kier alpha value is -3.45. The van der Waals surface area contributed by atoms with Crippen LogP contribution in [-0.4, -0.2) is 23.8 Å². The van der Waals surface area contributed by atoms with Gasteiger partial charge in [-0.25, -0.2) is 0 Å². The zero-order valence-corrected chi connectivity index (χ0v) is 20.9. The summed E-state index contributed by atoms with van der Waals surface area (Å²) in [7, 11) is 0. The molecule has 0 unspecified atom stereocenters. The molecule has 1 aromatic heterocycles. The summed E-state index contributed by atoms with van der Waals surface area (Å²) >= 11 is 1.52. The van der Waals surface area contributed by atoms with Crippen LogP contribution in [-0.2, 0) is 20.8 Å². The van der Waals surface area contributed by atoms with Crippen LogP contribution >= 0.6 is 11.3 Å². The first-order chi connectivity index (χ1) is 16.9. The number of amides is 3. The molecule has 3 amide bonds. The number of nitrogens with one attached hydrogen (secondary N) is 2. The van der Waals surface area contributed by atoms with Gasteiger partial charge in [-0.05, 0) is 66.6 Å². The maximum absolute atomic E-state index is 13.8. The minimum atomic E-state index is -0.809. The molecule has 182 valence electrons. The lowest BCUT2D eigenvalue weighted by Gasteiger charge is -2.33. The van der Waals surface area contributed by atoms with Gasteiger partial charge in [0.1, 0.15) is 6.04 Å². The Morgan fingerprint density at radius 2 is 1.71 bits per heavy atom. The molecule has 2 aromatic carbocycles. The maximum atomic E-state index is 13.8. The topological polar surface area (TPSA) is 78.5 Å². The lowest BCUT2D eigenvalue weighted by molar-refractivity contribution is -0.127. The van der Waals surface area contributed by atoms with Crippen LogP contribution in [0.4, 0.5) is 11.4 Å². The van der Waals surface area contributed by atoms with E-state index in [0.717, 1.165) is 41.7 Å². The van der Waals surface area contributed by atoms with Crippen LogP contribution in [0.3, 0.4) is 0 Å². The van der Waals surface area contributed by atoms with Crippen molar-refractivity contribution in [1.29, 1.82) is 0 Å². The molecular weight excluding hydrogens is 458 g/mol. The summed E-state index contributed by atoms with van der Waals surface area (Å²) in [6.07, 6.45) is 4.32. The number of hydrogen-bond donors (Lipinski definition) is 2. The highest BCUT2D eigenvalue weighted by atomic mass is 32.1. The SMILES string of the molecule is CC(=O)Nc1ccc(N(C(=O)Cc2cccs2)[C@H](C(=O)NC2CCCC2)c2ccccc2C)cc1. The molecule has 35 heavy (non-hydrogen) atoms. The van der Waals surface area contributed by atoms with Crippen LogP contribution in [0.5, 0.6) is 0 Å². The average Bonchev–Trinajstić information content (AvgIpc) is 3.53. The fourth-order valence-corrected chi connectivity index (χ4v) is 5.33. The Balaban J connectivity index is 1.76. The number of anilines is 2. The Morgan fingerprint density at radius 3 is 2.34 bits per heavy atom. The molecule has 1 aliphatic rings. The third-order valence-corrected chi connectivity index (χ3v) is 7.21. The molecule has 0 bridgehead atoms. The Morgan fingerprint density at radius 1 is 1.00 bits per heavy atom. The second-order valence-electron chi connectivity index (χ2n) is 9.00. The van der Waals surface area contributed by atoms with Gasteiger partial charge < -0.3 is 10.6 Å². The molecule has 1 aliphatic carbocycles. The second-order valence-corrected chi connectivity index (χ2v) is 10.0. The van der Waals surface area contributed by atoms with E-state index in [0.29, 0.717) is 11.4 Å². The smallest absolute Gasteiger partial charge is 0.248 e. The Labute approximate surface area is 210 Å². The zero-order chi connectivity index (χ0) is 24.8. The number of aryl methyl sites for hydroxylation is 1. The third-order valence-electron chi connectivity index (χ3n) is 6.33. The van der Waals surface area contributed by atoms with E-state index in [1.54, 1.807) is 29.2 Å². The van der Waals surface area contributed by atoms with E-state index in [4.69, 9.17) is 0 Å². The van der Waals surface area contributed by atoms with Crippen molar-refractivity contribution in [2.75, 3.05) is 10.2 Å². The lowest BCUT2D eigenvalue weighted by atomic mass is 9.97. The fraction of sp³-hybridized carbons (Fsp3) is 0.321. The molecule has 0 radical (unpaired) electrons. The van der Waals surface area contributed by atoms with Crippen molar-refractivity contribution in [3.05, 3.63) is 82.0 Å². The van der Waals surface area contributed by atoms with Crippen molar-refractivity contribution >= 4 is 40.4 Å². The van der Waals surface area contributed by atoms with Crippen molar-refractivity contribution < 1.29 is 14.4 Å². The first-order valence-electron chi connectivity index (χ1n) is 12.0. The third kappa shape index (κ3) is 6.17. The van der Waals surface area contributed by atoms with Gasteiger partial charge in [0, 0.05) is 29.2 Å². The van der Waals surface area contributed by atoms with E-state index < -0.39 is 6.04 Å². The number of benzene rings is 2. The summed E-state index contributed by atoms with van der Waals surface area (Å²) in [5.41, 5.74) is 2.99. The normalized spacial score (nSPS) is 14.3. The van der Waals surface area contributed by atoms with Crippen molar-refractivity contribution in [3.8, 4) is 0 Å². The average molecular weight is 490 g/mol. The maximum Gasteiger partial charge on any atom is 0.248 e. The van der Waals surface area contributed by atoms with Gasteiger partial charge in [-0.2, -0.15) is 0 Å². The molecule has 1 fully saturated rings. The Kier molecular flexibility index (Phi) is 7.98. The molecule has 0 spiro atoms. The molecular formula is C28H31N3O3S. The molecule has 0 aliphatic heterocycles. The largest absolute Gasteiger partial charge is 0.351 e. The van der Waals surface area contributed by atoms with E-state index in [9.17, 15) is 14.4 Å². The molecule has 2 N–H and O–H groups in total. The molecule has 1 atom stereocenters.